The van der Waals surface area contributed by atoms with E-state index in [1.807, 2.05) is 30.3 Å². The molecule has 1 aliphatic rings. The molecule has 1 fully saturated rings. The Kier molecular flexibility index (Phi) is 5.57. The maximum atomic E-state index is 11.3. The van der Waals surface area contributed by atoms with Gasteiger partial charge >= 0.3 is 5.69 Å². The first-order valence-electron chi connectivity index (χ1n) is 9.33. The third kappa shape index (κ3) is 4.17. The molecule has 1 saturated heterocycles. The van der Waals surface area contributed by atoms with Crippen LogP contribution in [0.4, 0.5) is 17.3 Å². The van der Waals surface area contributed by atoms with Gasteiger partial charge in [-0.2, -0.15) is 0 Å². The largest absolute Gasteiger partial charge is 0.363 e. The van der Waals surface area contributed by atoms with Crippen LogP contribution >= 0.6 is 11.8 Å². The van der Waals surface area contributed by atoms with Crippen LogP contribution in [0, 0.1) is 10.1 Å². The first-order valence-corrected chi connectivity index (χ1v) is 10.3. The highest BCUT2D eigenvalue weighted by Gasteiger charge is 2.20. The summed E-state index contributed by atoms with van der Waals surface area (Å²) in [6.45, 7) is 2.47. The van der Waals surface area contributed by atoms with Crippen molar-refractivity contribution >= 4 is 40.0 Å². The van der Waals surface area contributed by atoms with Crippen molar-refractivity contribution in [3.8, 4) is 0 Å². The molecule has 0 bridgehead atoms. The van der Waals surface area contributed by atoms with Crippen LogP contribution in [0.5, 0.6) is 0 Å². The van der Waals surface area contributed by atoms with Crippen molar-refractivity contribution in [3.05, 3.63) is 58.6 Å². The zero-order valence-electron chi connectivity index (χ0n) is 15.4. The normalized spacial score (nSPS) is 13.8. The third-order valence-corrected chi connectivity index (χ3v) is 5.63. The third-order valence-electron chi connectivity index (χ3n) is 4.70. The van der Waals surface area contributed by atoms with E-state index in [0.717, 1.165) is 53.4 Å². The van der Waals surface area contributed by atoms with Crippen LogP contribution in [0.1, 0.15) is 12.8 Å². The Balaban J connectivity index is 1.40. The van der Waals surface area contributed by atoms with Gasteiger partial charge in [0.25, 0.3) is 0 Å². The maximum absolute atomic E-state index is 11.3. The fourth-order valence-corrected chi connectivity index (χ4v) is 4.03. The summed E-state index contributed by atoms with van der Waals surface area (Å²) in [5, 5.41) is 16.5. The molecule has 0 radical (unpaired) electrons. The molecule has 1 N–H and O–H groups in total. The van der Waals surface area contributed by atoms with E-state index in [1.165, 1.54) is 0 Å². The van der Waals surface area contributed by atoms with Gasteiger partial charge in [0.15, 0.2) is 0 Å². The number of thioether (sulfide) groups is 1. The Morgan fingerprint density at radius 3 is 2.71 bits per heavy atom. The van der Waals surface area contributed by atoms with E-state index >= 15 is 0 Å². The number of anilines is 2. The van der Waals surface area contributed by atoms with Gasteiger partial charge in [0.2, 0.25) is 5.82 Å². The Labute approximate surface area is 167 Å². The smallest absolute Gasteiger partial charge is 0.311 e. The predicted molar refractivity (Wildman–Crippen MR) is 113 cm³/mol. The van der Waals surface area contributed by atoms with E-state index in [4.69, 9.17) is 0 Å². The van der Waals surface area contributed by atoms with E-state index in [1.54, 1.807) is 23.9 Å². The van der Waals surface area contributed by atoms with E-state index in [0.29, 0.717) is 12.4 Å². The number of para-hydroxylation sites is 1. The molecule has 144 valence electrons. The summed E-state index contributed by atoms with van der Waals surface area (Å²) in [6, 6.07) is 15.3. The van der Waals surface area contributed by atoms with Crippen molar-refractivity contribution in [1.82, 2.24) is 9.97 Å². The zero-order chi connectivity index (χ0) is 19.3. The van der Waals surface area contributed by atoms with Crippen molar-refractivity contribution in [2.24, 2.45) is 0 Å². The fourth-order valence-electron chi connectivity index (χ4n) is 3.29. The Morgan fingerprint density at radius 2 is 1.89 bits per heavy atom. The van der Waals surface area contributed by atoms with Gasteiger partial charge in [-0.3, -0.25) is 10.1 Å². The summed E-state index contributed by atoms with van der Waals surface area (Å²) in [7, 11) is 0. The van der Waals surface area contributed by atoms with Gasteiger partial charge < -0.3 is 10.2 Å². The van der Waals surface area contributed by atoms with Crippen molar-refractivity contribution in [2.45, 2.75) is 17.9 Å². The molecular formula is C20H21N5O2S. The molecule has 7 nitrogen and oxygen atoms in total. The molecule has 1 aliphatic heterocycles. The van der Waals surface area contributed by atoms with Crippen LogP contribution in [0.15, 0.2) is 53.6 Å². The van der Waals surface area contributed by atoms with Gasteiger partial charge in [-0.05, 0) is 31.0 Å². The summed E-state index contributed by atoms with van der Waals surface area (Å²) >= 11 is 1.62. The van der Waals surface area contributed by atoms with Crippen LogP contribution in [0.25, 0.3) is 10.9 Å². The van der Waals surface area contributed by atoms with Gasteiger partial charge in [-0.25, -0.2) is 9.97 Å². The molecule has 3 heterocycles. The lowest BCUT2D eigenvalue weighted by Gasteiger charge is -2.17. The van der Waals surface area contributed by atoms with Crippen molar-refractivity contribution in [2.75, 3.05) is 35.6 Å². The molecule has 0 spiro atoms. The number of aromatic nitrogens is 2. The van der Waals surface area contributed by atoms with Crippen LogP contribution in [0.3, 0.4) is 0 Å². The number of hydrogen-bond acceptors (Lipinski definition) is 7. The van der Waals surface area contributed by atoms with E-state index < -0.39 is 0 Å². The molecule has 0 aliphatic carbocycles. The lowest BCUT2D eigenvalue weighted by Crippen LogP contribution is -2.20. The number of benzene rings is 1. The predicted octanol–water partition coefficient (Wildman–Crippen LogP) is 4.34. The molecule has 0 atom stereocenters. The van der Waals surface area contributed by atoms with Gasteiger partial charge in [-0.15, -0.1) is 11.8 Å². The standard InChI is InChI=1S/C20H21N5O2S/c26-25(27)17-8-9-18(24-12-3-4-13-24)23-20(17)21-11-14-28-19-10-7-15-5-1-2-6-16(15)22-19/h1-2,5-10H,3-4,11-14H2,(H,21,23). The average Bonchev–Trinajstić information content (AvgIpc) is 3.26. The van der Waals surface area contributed by atoms with Crippen molar-refractivity contribution in [1.29, 1.82) is 0 Å². The topological polar surface area (TPSA) is 84.2 Å². The zero-order valence-corrected chi connectivity index (χ0v) is 16.2. The molecule has 0 saturated carbocycles. The SMILES string of the molecule is O=[N+]([O-])c1ccc(N2CCCC2)nc1NCCSc1ccc2ccccc2n1. The van der Waals surface area contributed by atoms with Gasteiger partial charge in [0, 0.05) is 36.8 Å². The number of rotatable bonds is 7. The number of nitrogens with one attached hydrogen (secondary N) is 1. The molecular weight excluding hydrogens is 374 g/mol. The second kappa shape index (κ2) is 8.43. The molecule has 8 heteroatoms. The first-order chi connectivity index (χ1) is 13.7. The molecule has 4 rings (SSSR count). The maximum Gasteiger partial charge on any atom is 0.311 e. The second-order valence-corrected chi connectivity index (χ2v) is 7.72. The number of hydrogen-bond donors (Lipinski definition) is 1. The summed E-state index contributed by atoms with van der Waals surface area (Å²) < 4.78 is 0. The Morgan fingerprint density at radius 1 is 1.07 bits per heavy atom. The Hall–Kier alpha value is -2.87. The summed E-state index contributed by atoms with van der Waals surface area (Å²) in [5.74, 6) is 1.87. The lowest BCUT2D eigenvalue weighted by atomic mass is 10.2. The molecule has 28 heavy (non-hydrogen) atoms. The second-order valence-electron chi connectivity index (χ2n) is 6.61. The summed E-state index contributed by atoms with van der Waals surface area (Å²) in [5.41, 5.74) is 0.979. The quantitative estimate of drug-likeness (QED) is 0.276. The number of nitro groups is 1. The minimum Gasteiger partial charge on any atom is -0.363 e. The van der Waals surface area contributed by atoms with Gasteiger partial charge in [-0.1, -0.05) is 24.3 Å². The highest BCUT2D eigenvalue weighted by Crippen LogP contribution is 2.27. The fraction of sp³-hybridized carbons (Fsp3) is 0.300. The van der Waals surface area contributed by atoms with Gasteiger partial charge in [0.1, 0.15) is 5.82 Å². The Bertz CT molecular complexity index is 991. The van der Waals surface area contributed by atoms with Crippen LogP contribution in [0.2, 0.25) is 0 Å². The monoisotopic (exact) mass is 395 g/mol. The summed E-state index contributed by atoms with van der Waals surface area (Å²) in [6.07, 6.45) is 2.27. The number of nitrogens with zero attached hydrogens (tertiary/aromatic N) is 4. The van der Waals surface area contributed by atoms with E-state index in [-0.39, 0.29) is 10.6 Å². The summed E-state index contributed by atoms with van der Waals surface area (Å²) in [4.78, 5) is 22.3. The lowest BCUT2D eigenvalue weighted by molar-refractivity contribution is -0.384. The molecule has 0 unspecified atom stereocenters. The van der Waals surface area contributed by atoms with Gasteiger partial charge in [0.05, 0.1) is 15.5 Å². The van der Waals surface area contributed by atoms with Crippen LogP contribution in [-0.2, 0) is 0 Å². The van der Waals surface area contributed by atoms with Crippen LogP contribution < -0.4 is 10.2 Å². The minimum absolute atomic E-state index is 0.0109. The molecule has 1 aromatic carbocycles. The molecule has 3 aromatic rings. The number of pyridine rings is 2. The number of fused-ring (bicyclic) bond motifs is 1. The van der Waals surface area contributed by atoms with Crippen molar-refractivity contribution in [3.63, 3.8) is 0 Å². The molecule has 2 aromatic heterocycles. The molecule has 0 amide bonds. The highest BCUT2D eigenvalue weighted by molar-refractivity contribution is 7.99. The van der Waals surface area contributed by atoms with Crippen LogP contribution in [-0.4, -0.2) is 40.3 Å². The first kappa shape index (κ1) is 18.5. The van der Waals surface area contributed by atoms with E-state index in [2.05, 4.69) is 26.3 Å². The minimum atomic E-state index is -0.388. The average molecular weight is 395 g/mol. The van der Waals surface area contributed by atoms with Crippen molar-refractivity contribution < 1.29 is 4.92 Å². The highest BCUT2D eigenvalue weighted by atomic mass is 32.2. The van der Waals surface area contributed by atoms with E-state index in [9.17, 15) is 10.1 Å².